The quantitative estimate of drug-likeness (QED) is 0.890. The molecule has 1 atom stereocenters. The summed E-state index contributed by atoms with van der Waals surface area (Å²) in [7, 11) is 0. The predicted octanol–water partition coefficient (Wildman–Crippen LogP) is 1.45. The fourth-order valence-corrected chi connectivity index (χ4v) is 2.05. The van der Waals surface area contributed by atoms with Crippen LogP contribution in [0.5, 0.6) is 0 Å². The molecule has 1 N–H and O–H groups in total. The van der Waals surface area contributed by atoms with Crippen molar-refractivity contribution in [1.82, 2.24) is 0 Å². The first kappa shape index (κ1) is 12.4. The van der Waals surface area contributed by atoms with E-state index >= 15 is 0 Å². The number of benzene rings is 1. The van der Waals surface area contributed by atoms with Gasteiger partial charge in [-0.05, 0) is 18.2 Å². The van der Waals surface area contributed by atoms with E-state index in [1.165, 1.54) is 0 Å². The van der Waals surface area contributed by atoms with Crippen LogP contribution < -0.4 is 4.90 Å². The molecule has 1 aliphatic heterocycles. The van der Waals surface area contributed by atoms with Crippen molar-refractivity contribution in [1.29, 1.82) is 0 Å². The highest BCUT2D eigenvalue weighted by Crippen LogP contribution is 2.23. The third kappa shape index (κ3) is 2.77. The Morgan fingerprint density at radius 2 is 2.35 bits per heavy atom. The second kappa shape index (κ2) is 5.49. The van der Waals surface area contributed by atoms with E-state index < -0.39 is 6.10 Å². The second-order valence-electron chi connectivity index (χ2n) is 3.84. The van der Waals surface area contributed by atoms with Gasteiger partial charge in [0.05, 0.1) is 6.61 Å². The predicted molar refractivity (Wildman–Crippen MR) is 65.2 cm³/mol. The Kier molecular flexibility index (Phi) is 3.99. The van der Waals surface area contributed by atoms with Crippen molar-refractivity contribution in [3.63, 3.8) is 0 Å². The van der Waals surface area contributed by atoms with Crippen LogP contribution in [0.2, 0.25) is 5.02 Å². The maximum Gasteiger partial charge on any atom is 0.256 e. The van der Waals surface area contributed by atoms with Gasteiger partial charge in [-0.1, -0.05) is 17.7 Å². The highest BCUT2D eigenvalue weighted by atomic mass is 35.5. The smallest absolute Gasteiger partial charge is 0.256 e. The number of carbonyl (C=O) groups is 1. The number of rotatable bonds is 3. The zero-order chi connectivity index (χ0) is 12.3. The lowest BCUT2D eigenvalue weighted by Crippen LogP contribution is -2.48. The Bertz CT molecular complexity index is 408. The molecule has 1 heterocycles. The Morgan fingerprint density at radius 3 is 3.06 bits per heavy atom. The van der Waals surface area contributed by atoms with E-state index in [4.69, 9.17) is 21.4 Å². The topological polar surface area (TPSA) is 49.8 Å². The lowest BCUT2D eigenvalue weighted by molar-refractivity contribution is -0.134. The van der Waals surface area contributed by atoms with Gasteiger partial charge in [-0.3, -0.25) is 4.79 Å². The molecule has 0 saturated carbocycles. The number of halogens is 1. The molecule has 2 rings (SSSR count). The number of hydrogen-bond donors (Lipinski definition) is 1. The normalized spacial score (nSPS) is 20.7. The monoisotopic (exact) mass is 255 g/mol. The first-order valence-electron chi connectivity index (χ1n) is 5.52. The lowest BCUT2D eigenvalue weighted by Gasteiger charge is -2.32. The fourth-order valence-electron chi connectivity index (χ4n) is 1.87. The van der Waals surface area contributed by atoms with Gasteiger partial charge in [0.1, 0.15) is 6.10 Å². The largest absolute Gasteiger partial charge is 0.396 e. The molecule has 0 aromatic heterocycles. The first-order valence-corrected chi connectivity index (χ1v) is 5.89. The minimum absolute atomic E-state index is 0.0558. The summed E-state index contributed by atoms with van der Waals surface area (Å²) in [5.74, 6) is -0.118. The summed E-state index contributed by atoms with van der Waals surface area (Å²) >= 11 is 5.90. The van der Waals surface area contributed by atoms with Crippen LogP contribution in [0.15, 0.2) is 24.3 Å². The average Bonchev–Trinajstić information content (AvgIpc) is 2.32. The standard InChI is InChI=1S/C12H14ClNO3/c13-9-2-1-3-10(8-9)14-5-7-17-11(4-6-15)12(14)16/h1-3,8,11,15H,4-7H2. The number of anilines is 1. The van der Waals surface area contributed by atoms with Gasteiger partial charge in [0.25, 0.3) is 5.91 Å². The molecule has 0 bridgehead atoms. The number of carbonyl (C=O) groups excluding carboxylic acids is 1. The zero-order valence-corrected chi connectivity index (χ0v) is 10.1. The summed E-state index contributed by atoms with van der Waals surface area (Å²) in [5, 5.41) is 9.46. The van der Waals surface area contributed by atoms with Crippen LogP contribution in [-0.4, -0.2) is 36.9 Å². The van der Waals surface area contributed by atoms with E-state index in [9.17, 15) is 4.79 Å². The molecule has 1 saturated heterocycles. The molecule has 5 heteroatoms. The van der Waals surface area contributed by atoms with Gasteiger partial charge in [0.2, 0.25) is 0 Å². The molecule has 1 unspecified atom stereocenters. The number of morpholine rings is 1. The molecule has 0 aliphatic carbocycles. The molecule has 4 nitrogen and oxygen atoms in total. The van der Waals surface area contributed by atoms with Crippen molar-refractivity contribution < 1.29 is 14.6 Å². The molecular formula is C12H14ClNO3. The molecule has 92 valence electrons. The maximum atomic E-state index is 12.1. The molecule has 1 aromatic rings. The molecule has 1 fully saturated rings. The van der Waals surface area contributed by atoms with Crippen LogP contribution >= 0.6 is 11.6 Å². The van der Waals surface area contributed by atoms with E-state index in [1.807, 2.05) is 12.1 Å². The Labute approximate surface area is 105 Å². The van der Waals surface area contributed by atoms with Gasteiger partial charge in [0.15, 0.2) is 0 Å². The minimum atomic E-state index is -0.548. The molecule has 17 heavy (non-hydrogen) atoms. The van der Waals surface area contributed by atoms with Gasteiger partial charge in [-0.25, -0.2) is 0 Å². The number of nitrogens with zero attached hydrogens (tertiary/aromatic N) is 1. The van der Waals surface area contributed by atoms with Gasteiger partial charge < -0.3 is 14.7 Å². The van der Waals surface area contributed by atoms with Crippen LogP contribution in [0.3, 0.4) is 0 Å². The maximum absolute atomic E-state index is 12.1. The number of aliphatic hydroxyl groups excluding tert-OH is 1. The highest BCUT2D eigenvalue weighted by molar-refractivity contribution is 6.30. The van der Waals surface area contributed by atoms with Gasteiger partial charge in [-0.15, -0.1) is 0 Å². The zero-order valence-electron chi connectivity index (χ0n) is 9.30. The molecule has 1 amide bonds. The lowest BCUT2D eigenvalue weighted by atomic mass is 10.1. The van der Waals surface area contributed by atoms with Crippen molar-refractivity contribution in [3.05, 3.63) is 29.3 Å². The SMILES string of the molecule is O=C1C(CCO)OCCN1c1cccc(Cl)c1. The van der Waals surface area contributed by atoms with E-state index in [0.717, 1.165) is 5.69 Å². The van der Waals surface area contributed by atoms with E-state index in [0.29, 0.717) is 24.6 Å². The van der Waals surface area contributed by atoms with Crippen molar-refractivity contribution in [2.75, 3.05) is 24.7 Å². The first-order chi connectivity index (χ1) is 8.22. The van der Waals surface area contributed by atoms with Crippen LogP contribution in [0.4, 0.5) is 5.69 Å². The van der Waals surface area contributed by atoms with Crippen LogP contribution in [0.25, 0.3) is 0 Å². The van der Waals surface area contributed by atoms with Gasteiger partial charge in [-0.2, -0.15) is 0 Å². The molecule has 0 spiro atoms. The summed E-state index contributed by atoms with van der Waals surface area (Å²) < 4.78 is 5.33. The fraction of sp³-hybridized carbons (Fsp3) is 0.417. The van der Waals surface area contributed by atoms with Gasteiger partial charge >= 0.3 is 0 Å². The molecule has 1 aromatic carbocycles. The second-order valence-corrected chi connectivity index (χ2v) is 4.28. The minimum Gasteiger partial charge on any atom is -0.396 e. The van der Waals surface area contributed by atoms with Crippen molar-refractivity contribution in [3.8, 4) is 0 Å². The van der Waals surface area contributed by atoms with Crippen molar-refractivity contribution in [2.45, 2.75) is 12.5 Å². The molecule has 1 aliphatic rings. The van der Waals surface area contributed by atoms with Gasteiger partial charge in [0, 0.05) is 30.3 Å². The van der Waals surface area contributed by atoms with E-state index in [1.54, 1.807) is 17.0 Å². The Hall–Kier alpha value is -1.10. The van der Waals surface area contributed by atoms with Crippen molar-refractivity contribution in [2.24, 2.45) is 0 Å². The molecule has 0 radical (unpaired) electrons. The Morgan fingerprint density at radius 1 is 1.53 bits per heavy atom. The third-order valence-electron chi connectivity index (χ3n) is 2.69. The third-order valence-corrected chi connectivity index (χ3v) is 2.92. The summed E-state index contributed by atoms with van der Waals surface area (Å²) in [6.07, 6.45) is -0.219. The number of hydrogen-bond acceptors (Lipinski definition) is 3. The Balaban J connectivity index is 2.17. The number of aliphatic hydroxyl groups is 1. The van der Waals surface area contributed by atoms with Crippen molar-refractivity contribution >= 4 is 23.2 Å². The summed E-state index contributed by atoms with van der Waals surface area (Å²) in [6, 6.07) is 7.16. The summed E-state index contributed by atoms with van der Waals surface area (Å²) in [5.41, 5.74) is 0.772. The average molecular weight is 256 g/mol. The number of amides is 1. The van der Waals surface area contributed by atoms with Crippen LogP contribution in [0.1, 0.15) is 6.42 Å². The number of ether oxygens (including phenoxy) is 1. The highest BCUT2D eigenvalue weighted by Gasteiger charge is 2.29. The molecular weight excluding hydrogens is 242 g/mol. The summed E-state index contributed by atoms with van der Waals surface area (Å²) in [6.45, 7) is 0.934. The van der Waals surface area contributed by atoms with Crippen LogP contribution in [-0.2, 0) is 9.53 Å². The summed E-state index contributed by atoms with van der Waals surface area (Å²) in [4.78, 5) is 13.7. The van der Waals surface area contributed by atoms with E-state index in [2.05, 4.69) is 0 Å². The van der Waals surface area contributed by atoms with Crippen LogP contribution in [0, 0.1) is 0 Å². The van der Waals surface area contributed by atoms with E-state index in [-0.39, 0.29) is 12.5 Å².